The fourth-order valence-electron chi connectivity index (χ4n) is 2.86. The number of non-ortho nitro benzene ring substituents is 1. The summed E-state index contributed by atoms with van der Waals surface area (Å²) in [6.45, 7) is 1.55. The minimum Gasteiger partial charge on any atom is -0.391 e. The zero-order valence-corrected chi connectivity index (χ0v) is 14.9. The van der Waals surface area contributed by atoms with Crippen LogP contribution in [0, 0.1) is 16.0 Å². The lowest BCUT2D eigenvalue weighted by molar-refractivity contribution is -0.384. The average molecular weight is 382 g/mol. The molecule has 1 saturated heterocycles. The number of carbonyl (C=O) groups is 1. The second-order valence-corrected chi connectivity index (χ2v) is 6.06. The van der Waals surface area contributed by atoms with Gasteiger partial charge >= 0.3 is 0 Å². The highest BCUT2D eigenvalue weighted by Gasteiger charge is 2.26. The molecule has 2 aromatic rings. The minimum absolute atomic E-state index is 0. The van der Waals surface area contributed by atoms with Crippen molar-refractivity contribution in [1.29, 1.82) is 0 Å². The number of aliphatic hydroxyl groups is 1. The van der Waals surface area contributed by atoms with Crippen LogP contribution in [0.25, 0.3) is 11.3 Å². The number of aliphatic hydroxyl groups excluding tert-OH is 1. The number of aromatic nitrogens is 2. The van der Waals surface area contributed by atoms with E-state index in [-0.39, 0.29) is 29.9 Å². The van der Waals surface area contributed by atoms with Crippen LogP contribution in [-0.4, -0.2) is 51.5 Å². The van der Waals surface area contributed by atoms with Crippen LogP contribution in [0.4, 0.5) is 5.69 Å². The second-order valence-electron chi connectivity index (χ2n) is 6.06. The van der Waals surface area contributed by atoms with Crippen molar-refractivity contribution >= 4 is 24.0 Å². The Morgan fingerprint density at radius 2 is 2.12 bits per heavy atom. The second kappa shape index (κ2) is 8.26. The van der Waals surface area contributed by atoms with Gasteiger partial charge in [-0.15, -0.1) is 12.4 Å². The molecule has 1 aromatic carbocycles. The number of β-amino-alcohol motifs (C(OH)–C–C–N with tert-alkyl or cyclic N) is 1. The van der Waals surface area contributed by atoms with Gasteiger partial charge in [0.2, 0.25) is 0 Å². The lowest BCUT2D eigenvalue weighted by Crippen LogP contribution is -2.34. The van der Waals surface area contributed by atoms with E-state index in [0.717, 1.165) is 0 Å². The van der Waals surface area contributed by atoms with Gasteiger partial charge in [0.25, 0.3) is 11.6 Å². The van der Waals surface area contributed by atoms with Crippen molar-refractivity contribution in [2.75, 3.05) is 19.6 Å². The van der Waals surface area contributed by atoms with Crippen molar-refractivity contribution in [3.05, 3.63) is 46.1 Å². The number of halogens is 1. The molecule has 0 spiro atoms. The van der Waals surface area contributed by atoms with Gasteiger partial charge in [-0.05, 0) is 12.1 Å². The molecule has 26 heavy (non-hydrogen) atoms. The fraction of sp³-hybridized carbons (Fsp3) is 0.375. The van der Waals surface area contributed by atoms with Crippen LogP contribution in [-0.2, 0) is 7.05 Å². The van der Waals surface area contributed by atoms with Gasteiger partial charge in [-0.1, -0.05) is 0 Å². The van der Waals surface area contributed by atoms with E-state index in [1.165, 1.54) is 16.8 Å². The zero-order valence-electron chi connectivity index (χ0n) is 14.1. The first-order valence-corrected chi connectivity index (χ1v) is 7.91. The number of nitro groups is 1. The summed E-state index contributed by atoms with van der Waals surface area (Å²) in [6.07, 6.45) is 1.14. The Balaban J connectivity index is 0.00000243. The Morgan fingerprint density at radius 1 is 1.42 bits per heavy atom. The average Bonchev–Trinajstić information content (AvgIpc) is 3.18. The lowest BCUT2D eigenvalue weighted by Gasteiger charge is -2.14. The summed E-state index contributed by atoms with van der Waals surface area (Å²) < 4.78 is 1.53. The molecule has 140 valence electrons. The first kappa shape index (κ1) is 19.8. The van der Waals surface area contributed by atoms with Gasteiger partial charge in [-0.25, -0.2) is 0 Å². The van der Waals surface area contributed by atoms with Gasteiger partial charge in [0.05, 0.1) is 16.6 Å². The molecule has 1 aliphatic rings. The number of amides is 1. The van der Waals surface area contributed by atoms with Gasteiger partial charge in [0, 0.05) is 56.5 Å². The maximum absolute atomic E-state index is 12.5. The van der Waals surface area contributed by atoms with Crippen molar-refractivity contribution in [3.63, 3.8) is 0 Å². The predicted molar refractivity (Wildman–Crippen MR) is 97.2 cm³/mol. The molecular weight excluding hydrogens is 362 g/mol. The van der Waals surface area contributed by atoms with E-state index in [1.807, 2.05) is 0 Å². The summed E-state index contributed by atoms with van der Waals surface area (Å²) in [5.41, 5.74) is 1.45. The van der Waals surface area contributed by atoms with Crippen LogP contribution < -0.4 is 10.6 Å². The molecule has 0 aliphatic carbocycles. The third kappa shape index (κ3) is 4.18. The molecule has 0 bridgehead atoms. The maximum Gasteiger partial charge on any atom is 0.269 e. The summed E-state index contributed by atoms with van der Waals surface area (Å²) in [6, 6.07) is 5.91. The number of carbonyl (C=O) groups excluding carboxylic acids is 1. The summed E-state index contributed by atoms with van der Waals surface area (Å²) >= 11 is 0. The molecule has 2 atom stereocenters. The summed E-state index contributed by atoms with van der Waals surface area (Å²) in [5, 5.41) is 30.7. The summed E-state index contributed by atoms with van der Waals surface area (Å²) in [7, 11) is 1.70. The molecule has 1 amide bonds. The smallest absolute Gasteiger partial charge is 0.269 e. The Labute approximate surface area is 156 Å². The van der Waals surface area contributed by atoms with E-state index in [2.05, 4.69) is 15.7 Å². The third-order valence-corrected chi connectivity index (χ3v) is 4.25. The van der Waals surface area contributed by atoms with Crippen molar-refractivity contribution in [1.82, 2.24) is 20.4 Å². The van der Waals surface area contributed by atoms with E-state index in [1.54, 1.807) is 25.4 Å². The van der Waals surface area contributed by atoms with Gasteiger partial charge in [-0.3, -0.25) is 19.6 Å². The van der Waals surface area contributed by atoms with Crippen LogP contribution >= 0.6 is 12.4 Å². The minimum atomic E-state index is -0.475. The highest BCUT2D eigenvalue weighted by molar-refractivity contribution is 5.99. The summed E-state index contributed by atoms with van der Waals surface area (Å²) in [4.78, 5) is 22.8. The number of nitrogens with zero attached hydrogens (tertiary/aromatic N) is 3. The molecule has 0 radical (unpaired) electrons. The molecule has 3 rings (SSSR count). The Morgan fingerprint density at radius 3 is 2.69 bits per heavy atom. The number of nitro benzene ring substituents is 1. The number of nitrogens with one attached hydrogen (secondary N) is 2. The maximum atomic E-state index is 12.5. The number of hydrogen-bond acceptors (Lipinski definition) is 6. The highest BCUT2D eigenvalue weighted by atomic mass is 35.5. The summed E-state index contributed by atoms with van der Waals surface area (Å²) in [5.74, 6) is -0.316. The van der Waals surface area contributed by atoms with Crippen molar-refractivity contribution in [3.8, 4) is 11.3 Å². The van der Waals surface area contributed by atoms with E-state index in [9.17, 15) is 20.0 Å². The number of aryl methyl sites for hydroxylation is 1. The lowest BCUT2D eigenvalue weighted by atomic mass is 10.1. The van der Waals surface area contributed by atoms with E-state index < -0.39 is 11.0 Å². The van der Waals surface area contributed by atoms with Crippen LogP contribution in [0.5, 0.6) is 0 Å². The van der Waals surface area contributed by atoms with Crippen LogP contribution in [0.2, 0.25) is 0 Å². The molecule has 3 N–H and O–H groups in total. The third-order valence-electron chi connectivity index (χ3n) is 4.25. The zero-order chi connectivity index (χ0) is 18.0. The Bertz CT molecular complexity index is 792. The standard InChI is InChI=1S/C16H19N5O4.ClH/c1-20-9-13(16(23)18-7-11-6-17-8-14(11)22)15(19-20)10-2-4-12(5-3-10)21(24)25;/h2-5,9,11,14,17,22H,6-8H2,1H3,(H,18,23);1H. The van der Waals surface area contributed by atoms with Crippen molar-refractivity contribution in [2.24, 2.45) is 13.0 Å². The van der Waals surface area contributed by atoms with Gasteiger partial charge < -0.3 is 15.7 Å². The molecule has 1 fully saturated rings. The number of rotatable bonds is 5. The Hall–Kier alpha value is -2.49. The van der Waals surface area contributed by atoms with Crippen LogP contribution in [0.3, 0.4) is 0 Å². The van der Waals surface area contributed by atoms with Gasteiger partial charge in [-0.2, -0.15) is 5.10 Å². The first-order valence-electron chi connectivity index (χ1n) is 7.91. The van der Waals surface area contributed by atoms with Crippen molar-refractivity contribution < 1.29 is 14.8 Å². The van der Waals surface area contributed by atoms with E-state index in [4.69, 9.17) is 0 Å². The van der Waals surface area contributed by atoms with Gasteiger partial charge in [0.1, 0.15) is 5.69 Å². The largest absolute Gasteiger partial charge is 0.391 e. The molecular formula is C16H20ClN5O4. The van der Waals surface area contributed by atoms with Gasteiger partial charge in [0.15, 0.2) is 0 Å². The SMILES string of the molecule is Cl.Cn1cc(C(=O)NCC2CNCC2O)c(-c2ccc([N+](=O)[O-])cc2)n1. The Kier molecular flexibility index (Phi) is 6.30. The molecule has 0 saturated carbocycles. The number of hydrogen-bond donors (Lipinski definition) is 3. The quantitative estimate of drug-likeness (QED) is 0.518. The van der Waals surface area contributed by atoms with E-state index >= 15 is 0 Å². The van der Waals surface area contributed by atoms with E-state index in [0.29, 0.717) is 36.5 Å². The molecule has 1 aliphatic heterocycles. The topological polar surface area (TPSA) is 122 Å². The molecule has 2 unspecified atom stereocenters. The molecule has 2 heterocycles. The molecule has 9 nitrogen and oxygen atoms in total. The highest BCUT2D eigenvalue weighted by Crippen LogP contribution is 2.24. The van der Waals surface area contributed by atoms with Crippen LogP contribution in [0.1, 0.15) is 10.4 Å². The molecule has 1 aromatic heterocycles. The van der Waals surface area contributed by atoms with Crippen molar-refractivity contribution in [2.45, 2.75) is 6.10 Å². The first-order chi connectivity index (χ1) is 12.0. The fourth-order valence-corrected chi connectivity index (χ4v) is 2.86. The predicted octanol–water partition coefficient (Wildman–Crippen LogP) is 0.727. The molecule has 10 heteroatoms. The van der Waals surface area contributed by atoms with Crippen LogP contribution in [0.15, 0.2) is 30.5 Å². The normalized spacial score (nSPS) is 19.0. The number of benzene rings is 1. The monoisotopic (exact) mass is 381 g/mol.